The maximum Gasteiger partial charge on any atom is 0.223 e. The molecule has 1 saturated heterocycles. The van der Waals surface area contributed by atoms with Gasteiger partial charge < -0.3 is 24.8 Å². The van der Waals surface area contributed by atoms with Crippen molar-refractivity contribution >= 4 is 39.5 Å². The Morgan fingerprint density at radius 2 is 1.95 bits per heavy atom. The third-order valence-corrected chi connectivity index (χ3v) is 6.48. The molecule has 1 fully saturated rings. The summed E-state index contributed by atoms with van der Waals surface area (Å²) in [5.74, 6) is 2.65. The number of ether oxygens (including phenoxy) is 1. The van der Waals surface area contributed by atoms with Crippen LogP contribution < -0.4 is 15.4 Å². The topological polar surface area (TPSA) is 115 Å². The van der Waals surface area contributed by atoms with E-state index in [0.717, 1.165) is 53.3 Å². The number of imidazole rings is 1. The molecule has 1 aliphatic rings. The normalized spacial score (nSPS) is 15.9. The highest BCUT2D eigenvalue weighted by Gasteiger charge is 2.23. The van der Waals surface area contributed by atoms with Crippen molar-refractivity contribution in [3.05, 3.63) is 60.8 Å². The first-order chi connectivity index (χ1) is 18.1. The average molecular weight is 498 g/mol. The molecule has 0 radical (unpaired) electrons. The van der Waals surface area contributed by atoms with Crippen LogP contribution in [0.3, 0.4) is 0 Å². The van der Waals surface area contributed by atoms with Crippen molar-refractivity contribution in [2.45, 2.75) is 19.4 Å². The molecule has 0 bridgehead atoms. The molecule has 2 aromatic carbocycles. The minimum absolute atomic E-state index is 0.215. The Bertz CT molecular complexity index is 1590. The van der Waals surface area contributed by atoms with Gasteiger partial charge in [0.2, 0.25) is 5.95 Å². The first kappa shape index (κ1) is 23.1. The minimum Gasteiger partial charge on any atom is -0.457 e. The molecular weight excluding hydrogens is 470 g/mol. The molecule has 5 aromatic rings. The van der Waals surface area contributed by atoms with E-state index in [2.05, 4.69) is 30.6 Å². The van der Waals surface area contributed by atoms with Gasteiger partial charge in [-0.25, -0.2) is 24.9 Å². The lowest BCUT2D eigenvalue weighted by molar-refractivity contribution is -0.112. The van der Waals surface area contributed by atoms with Gasteiger partial charge in [-0.2, -0.15) is 5.06 Å². The average Bonchev–Trinajstić information content (AvgIpc) is 3.52. The van der Waals surface area contributed by atoms with Crippen molar-refractivity contribution in [3.63, 3.8) is 0 Å². The van der Waals surface area contributed by atoms with Gasteiger partial charge in [0.25, 0.3) is 0 Å². The molecule has 0 aliphatic carbocycles. The number of rotatable bonds is 7. The largest absolute Gasteiger partial charge is 0.457 e. The Labute approximate surface area is 213 Å². The standard InChI is InChI=1S/C26H27N9O2/c1-16-10-17(4-7-23(16)37-19-5-6-22-20(11-19)30-15-34(22)2)31-25-24-21(28-14-29-25)12-27-26(33-24)32-18-8-9-35(13-18)36-3/h4-7,10-12,14-15,18H,8-9,13H2,1-3H3,(H,27,32,33)(H,28,29,31). The first-order valence-corrected chi connectivity index (χ1v) is 12.1. The zero-order chi connectivity index (χ0) is 25.4. The second-order valence-corrected chi connectivity index (χ2v) is 9.06. The summed E-state index contributed by atoms with van der Waals surface area (Å²) in [5.41, 5.74) is 5.10. The summed E-state index contributed by atoms with van der Waals surface area (Å²) in [6.07, 6.45) is 5.97. The Hall–Kier alpha value is -4.35. The lowest BCUT2D eigenvalue weighted by Crippen LogP contribution is -2.26. The summed E-state index contributed by atoms with van der Waals surface area (Å²) in [6, 6.07) is 12.0. The van der Waals surface area contributed by atoms with Crippen molar-refractivity contribution < 1.29 is 9.57 Å². The summed E-state index contributed by atoms with van der Waals surface area (Å²) < 4.78 is 8.13. The van der Waals surface area contributed by atoms with Crippen LogP contribution in [0.25, 0.3) is 22.1 Å². The zero-order valence-corrected chi connectivity index (χ0v) is 20.8. The van der Waals surface area contributed by atoms with Crippen LogP contribution in [0.1, 0.15) is 12.0 Å². The van der Waals surface area contributed by atoms with Crippen molar-refractivity contribution in [1.29, 1.82) is 0 Å². The van der Waals surface area contributed by atoms with Crippen molar-refractivity contribution in [2.75, 3.05) is 30.8 Å². The number of hydrogen-bond acceptors (Lipinski definition) is 10. The van der Waals surface area contributed by atoms with Gasteiger partial charge in [-0.15, -0.1) is 0 Å². The van der Waals surface area contributed by atoms with E-state index in [-0.39, 0.29) is 6.04 Å². The van der Waals surface area contributed by atoms with Gasteiger partial charge >= 0.3 is 0 Å². The summed E-state index contributed by atoms with van der Waals surface area (Å²) in [5, 5.41) is 8.69. The van der Waals surface area contributed by atoms with Crippen LogP contribution in [0.15, 0.2) is 55.2 Å². The first-order valence-electron chi connectivity index (χ1n) is 12.1. The maximum atomic E-state index is 6.15. The smallest absolute Gasteiger partial charge is 0.223 e. The van der Waals surface area contributed by atoms with E-state index < -0.39 is 0 Å². The third kappa shape index (κ3) is 4.74. The molecule has 0 saturated carbocycles. The summed E-state index contributed by atoms with van der Waals surface area (Å²) in [4.78, 5) is 27.6. The molecule has 1 atom stereocenters. The van der Waals surface area contributed by atoms with Gasteiger partial charge in [0.15, 0.2) is 5.82 Å². The van der Waals surface area contributed by atoms with Crippen molar-refractivity contribution in [1.82, 2.24) is 34.6 Å². The van der Waals surface area contributed by atoms with E-state index in [9.17, 15) is 0 Å². The van der Waals surface area contributed by atoms with Crippen LogP contribution in [0.4, 0.5) is 17.5 Å². The molecule has 11 heteroatoms. The van der Waals surface area contributed by atoms with E-state index in [1.807, 2.05) is 60.0 Å². The Morgan fingerprint density at radius 3 is 2.78 bits per heavy atom. The lowest BCUT2D eigenvalue weighted by Gasteiger charge is -2.15. The Kier molecular flexibility index (Phi) is 5.99. The number of hydroxylamine groups is 2. The Morgan fingerprint density at radius 1 is 1.03 bits per heavy atom. The van der Waals surface area contributed by atoms with Gasteiger partial charge in [0.05, 0.1) is 30.7 Å². The van der Waals surface area contributed by atoms with Crippen LogP contribution in [0.5, 0.6) is 11.5 Å². The number of nitrogens with zero attached hydrogens (tertiary/aromatic N) is 7. The number of benzene rings is 2. The molecule has 6 rings (SSSR count). The second-order valence-electron chi connectivity index (χ2n) is 9.06. The number of nitrogens with one attached hydrogen (secondary N) is 2. The molecule has 0 spiro atoms. The van der Waals surface area contributed by atoms with Crippen LogP contribution in [0.2, 0.25) is 0 Å². The Balaban J connectivity index is 1.21. The summed E-state index contributed by atoms with van der Waals surface area (Å²) >= 11 is 0. The third-order valence-electron chi connectivity index (χ3n) is 6.48. The van der Waals surface area contributed by atoms with E-state index in [1.54, 1.807) is 19.6 Å². The molecular formula is C26H27N9O2. The fourth-order valence-electron chi connectivity index (χ4n) is 4.49. The molecule has 11 nitrogen and oxygen atoms in total. The van der Waals surface area contributed by atoms with Crippen LogP contribution in [-0.2, 0) is 11.9 Å². The van der Waals surface area contributed by atoms with Gasteiger partial charge in [0, 0.05) is 37.9 Å². The van der Waals surface area contributed by atoms with E-state index in [4.69, 9.17) is 14.6 Å². The summed E-state index contributed by atoms with van der Waals surface area (Å²) in [7, 11) is 3.66. The number of aromatic nitrogens is 6. The molecule has 188 valence electrons. The zero-order valence-electron chi connectivity index (χ0n) is 20.8. The van der Waals surface area contributed by atoms with Crippen molar-refractivity contribution in [2.24, 2.45) is 7.05 Å². The second kappa shape index (κ2) is 9.60. The fraction of sp³-hybridized carbons (Fsp3) is 0.269. The van der Waals surface area contributed by atoms with Gasteiger partial charge in [-0.05, 0) is 49.2 Å². The van der Waals surface area contributed by atoms with Crippen LogP contribution in [-0.4, -0.2) is 60.8 Å². The highest BCUT2D eigenvalue weighted by atomic mass is 16.7. The van der Waals surface area contributed by atoms with Gasteiger partial charge in [-0.3, -0.25) is 0 Å². The van der Waals surface area contributed by atoms with Crippen molar-refractivity contribution in [3.8, 4) is 11.5 Å². The number of fused-ring (bicyclic) bond motifs is 2. The monoisotopic (exact) mass is 497 g/mol. The molecule has 1 unspecified atom stereocenters. The van der Waals surface area contributed by atoms with E-state index in [1.165, 1.54) is 6.33 Å². The van der Waals surface area contributed by atoms with Crippen LogP contribution >= 0.6 is 0 Å². The summed E-state index contributed by atoms with van der Waals surface area (Å²) in [6.45, 7) is 3.65. The molecule has 4 heterocycles. The van der Waals surface area contributed by atoms with E-state index in [0.29, 0.717) is 22.8 Å². The highest BCUT2D eigenvalue weighted by Crippen LogP contribution is 2.31. The maximum absolute atomic E-state index is 6.15. The quantitative estimate of drug-likeness (QED) is 0.339. The molecule has 37 heavy (non-hydrogen) atoms. The SMILES string of the molecule is CON1CCC(Nc2ncc3ncnc(Nc4ccc(Oc5ccc6c(c5)ncn6C)c(C)c4)c3n2)C1. The minimum atomic E-state index is 0.215. The molecule has 3 aromatic heterocycles. The van der Waals surface area contributed by atoms with E-state index >= 15 is 0 Å². The lowest BCUT2D eigenvalue weighted by atomic mass is 10.2. The molecule has 2 N–H and O–H groups in total. The predicted octanol–water partition coefficient (Wildman–Crippen LogP) is 4.20. The van der Waals surface area contributed by atoms with Gasteiger partial charge in [0.1, 0.15) is 28.9 Å². The number of anilines is 3. The fourth-order valence-corrected chi connectivity index (χ4v) is 4.49. The highest BCUT2D eigenvalue weighted by molar-refractivity contribution is 5.87. The predicted molar refractivity (Wildman–Crippen MR) is 141 cm³/mol. The molecule has 0 amide bonds. The van der Waals surface area contributed by atoms with Gasteiger partial charge in [-0.1, -0.05) is 0 Å². The number of aryl methyl sites for hydroxylation is 2. The van der Waals surface area contributed by atoms with Crippen LogP contribution in [0, 0.1) is 6.92 Å². The number of hydrogen-bond donors (Lipinski definition) is 2. The molecule has 1 aliphatic heterocycles.